The monoisotopic (exact) mass is 277 g/mol. The van der Waals surface area contributed by atoms with E-state index in [2.05, 4.69) is 25.6 Å². The Morgan fingerprint density at radius 3 is 2.79 bits per heavy atom. The SMILES string of the molecule is CCNc1cc(C(=O)Nc2cnccn2)c(Cl)cn1. The van der Waals surface area contributed by atoms with E-state index in [4.69, 9.17) is 11.6 Å². The van der Waals surface area contributed by atoms with E-state index in [1.807, 2.05) is 6.92 Å². The van der Waals surface area contributed by atoms with Crippen LogP contribution in [0, 0.1) is 0 Å². The van der Waals surface area contributed by atoms with Crippen LogP contribution in [0.1, 0.15) is 17.3 Å². The van der Waals surface area contributed by atoms with Crippen molar-refractivity contribution in [2.75, 3.05) is 17.2 Å². The first-order valence-corrected chi connectivity index (χ1v) is 6.05. The van der Waals surface area contributed by atoms with E-state index in [9.17, 15) is 4.79 Å². The van der Waals surface area contributed by atoms with E-state index in [0.717, 1.165) is 0 Å². The molecule has 0 fully saturated rings. The van der Waals surface area contributed by atoms with Gasteiger partial charge in [-0.05, 0) is 13.0 Å². The molecular formula is C12H12ClN5O. The van der Waals surface area contributed by atoms with Gasteiger partial charge in [0.05, 0.1) is 16.8 Å². The van der Waals surface area contributed by atoms with Gasteiger partial charge in [-0.15, -0.1) is 0 Å². The van der Waals surface area contributed by atoms with Gasteiger partial charge >= 0.3 is 0 Å². The summed E-state index contributed by atoms with van der Waals surface area (Å²) in [7, 11) is 0. The predicted molar refractivity (Wildman–Crippen MR) is 73.4 cm³/mol. The summed E-state index contributed by atoms with van der Waals surface area (Å²) < 4.78 is 0. The molecule has 0 saturated carbocycles. The summed E-state index contributed by atoms with van der Waals surface area (Å²) in [6.45, 7) is 2.65. The Balaban J connectivity index is 2.21. The van der Waals surface area contributed by atoms with Gasteiger partial charge in [-0.25, -0.2) is 9.97 Å². The van der Waals surface area contributed by atoms with Crippen molar-refractivity contribution in [1.29, 1.82) is 0 Å². The van der Waals surface area contributed by atoms with Crippen LogP contribution in [0.5, 0.6) is 0 Å². The molecule has 0 aromatic carbocycles. The van der Waals surface area contributed by atoms with Crippen molar-refractivity contribution in [3.8, 4) is 0 Å². The molecule has 0 radical (unpaired) electrons. The fraction of sp³-hybridized carbons (Fsp3) is 0.167. The number of carbonyl (C=O) groups is 1. The van der Waals surface area contributed by atoms with Crippen LogP contribution in [-0.2, 0) is 0 Å². The lowest BCUT2D eigenvalue weighted by Gasteiger charge is -2.08. The Bertz CT molecular complexity index is 576. The minimum absolute atomic E-state index is 0.281. The van der Waals surface area contributed by atoms with Gasteiger partial charge < -0.3 is 10.6 Å². The molecule has 2 rings (SSSR count). The summed E-state index contributed by atoms with van der Waals surface area (Å²) in [6.07, 6.45) is 5.91. The third-order valence-electron chi connectivity index (χ3n) is 2.26. The Morgan fingerprint density at radius 2 is 2.11 bits per heavy atom. The highest BCUT2D eigenvalue weighted by Crippen LogP contribution is 2.19. The van der Waals surface area contributed by atoms with Crippen LogP contribution in [0.2, 0.25) is 5.02 Å². The number of hydrogen-bond donors (Lipinski definition) is 2. The zero-order chi connectivity index (χ0) is 13.7. The van der Waals surface area contributed by atoms with Gasteiger partial charge in [-0.3, -0.25) is 9.78 Å². The quantitative estimate of drug-likeness (QED) is 0.896. The third kappa shape index (κ3) is 3.38. The molecule has 2 aromatic heterocycles. The van der Waals surface area contributed by atoms with Gasteiger partial charge in [0.15, 0.2) is 5.82 Å². The van der Waals surface area contributed by atoms with E-state index in [1.165, 1.54) is 24.8 Å². The van der Waals surface area contributed by atoms with Crippen LogP contribution < -0.4 is 10.6 Å². The first-order valence-electron chi connectivity index (χ1n) is 5.67. The molecule has 7 heteroatoms. The van der Waals surface area contributed by atoms with Crippen molar-refractivity contribution < 1.29 is 4.79 Å². The summed E-state index contributed by atoms with van der Waals surface area (Å²) in [5, 5.41) is 5.91. The number of nitrogens with one attached hydrogen (secondary N) is 2. The molecule has 0 bridgehead atoms. The molecule has 98 valence electrons. The lowest BCUT2D eigenvalue weighted by atomic mass is 10.2. The van der Waals surface area contributed by atoms with E-state index in [-0.39, 0.29) is 10.9 Å². The maximum Gasteiger partial charge on any atom is 0.258 e. The molecule has 0 atom stereocenters. The molecule has 19 heavy (non-hydrogen) atoms. The highest BCUT2D eigenvalue weighted by atomic mass is 35.5. The summed E-state index contributed by atoms with van der Waals surface area (Å²) in [5.74, 6) is 0.605. The van der Waals surface area contributed by atoms with Crippen LogP contribution in [-0.4, -0.2) is 27.4 Å². The predicted octanol–water partition coefficient (Wildman–Crippen LogP) is 2.21. The van der Waals surface area contributed by atoms with Crippen LogP contribution in [0.15, 0.2) is 30.9 Å². The Kier molecular flexibility index (Phi) is 4.25. The highest BCUT2D eigenvalue weighted by Gasteiger charge is 2.12. The smallest absolute Gasteiger partial charge is 0.258 e. The molecule has 0 aliphatic heterocycles. The van der Waals surface area contributed by atoms with E-state index in [1.54, 1.807) is 6.07 Å². The summed E-state index contributed by atoms with van der Waals surface area (Å²) in [5.41, 5.74) is 0.332. The topological polar surface area (TPSA) is 79.8 Å². The lowest BCUT2D eigenvalue weighted by molar-refractivity contribution is 0.102. The molecule has 0 saturated heterocycles. The second-order valence-electron chi connectivity index (χ2n) is 3.62. The lowest BCUT2D eigenvalue weighted by Crippen LogP contribution is -2.14. The average Bonchev–Trinajstić information content (AvgIpc) is 2.42. The summed E-state index contributed by atoms with van der Waals surface area (Å²) >= 11 is 5.97. The number of nitrogens with zero attached hydrogens (tertiary/aromatic N) is 3. The molecular weight excluding hydrogens is 266 g/mol. The Labute approximate surface area is 115 Å². The van der Waals surface area contributed by atoms with Gasteiger partial charge in [0.1, 0.15) is 5.82 Å². The Hall–Kier alpha value is -2.21. The zero-order valence-electron chi connectivity index (χ0n) is 10.2. The zero-order valence-corrected chi connectivity index (χ0v) is 11.0. The van der Waals surface area contributed by atoms with Crippen LogP contribution in [0.3, 0.4) is 0 Å². The fourth-order valence-corrected chi connectivity index (χ4v) is 1.63. The van der Waals surface area contributed by atoms with Gasteiger partial charge in [0, 0.05) is 25.1 Å². The highest BCUT2D eigenvalue weighted by molar-refractivity contribution is 6.34. The van der Waals surface area contributed by atoms with Crippen LogP contribution in [0.25, 0.3) is 0 Å². The first kappa shape index (κ1) is 13.2. The number of pyridine rings is 1. The second kappa shape index (κ2) is 6.10. The van der Waals surface area contributed by atoms with Crippen molar-refractivity contribution in [1.82, 2.24) is 15.0 Å². The largest absolute Gasteiger partial charge is 0.370 e. The van der Waals surface area contributed by atoms with Gasteiger partial charge in [-0.2, -0.15) is 0 Å². The second-order valence-corrected chi connectivity index (χ2v) is 4.03. The standard InChI is InChI=1S/C12H12ClN5O/c1-2-15-10-5-8(9(13)6-17-10)12(19)18-11-7-14-3-4-16-11/h3-7H,2H2,1H3,(H,15,17)(H,16,18,19). The summed E-state index contributed by atoms with van der Waals surface area (Å²) in [4.78, 5) is 24.0. The minimum Gasteiger partial charge on any atom is -0.370 e. The number of hydrogen-bond acceptors (Lipinski definition) is 5. The number of aromatic nitrogens is 3. The fourth-order valence-electron chi connectivity index (χ4n) is 1.44. The van der Waals surface area contributed by atoms with Crippen molar-refractivity contribution in [2.24, 2.45) is 0 Å². The number of halogens is 1. The van der Waals surface area contributed by atoms with Crippen molar-refractivity contribution in [3.63, 3.8) is 0 Å². The van der Waals surface area contributed by atoms with Gasteiger partial charge in [0.2, 0.25) is 0 Å². The van der Waals surface area contributed by atoms with Crippen molar-refractivity contribution >= 4 is 29.1 Å². The number of carbonyl (C=O) groups excluding carboxylic acids is 1. The number of rotatable bonds is 4. The van der Waals surface area contributed by atoms with E-state index >= 15 is 0 Å². The third-order valence-corrected chi connectivity index (χ3v) is 2.56. The van der Waals surface area contributed by atoms with Crippen LogP contribution in [0.4, 0.5) is 11.6 Å². The average molecular weight is 278 g/mol. The summed E-state index contributed by atoms with van der Waals surface area (Å²) in [6, 6.07) is 1.59. The molecule has 0 spiro atoms. The maximum absolute atomic E-state index is 12.1. The molecule has 2 heterocycles. The molecule has 2 N–H and O–H groups in total. The van der Waals surface area contributed by atoms with E-state index < -0.39 is 0 Å². The van der Waals surface area contributed by atoms with Gasteiger partial charge in [0.25, 0.3) is 5.91 Å². The minimum atomic E-state index is -0.355. The first-order chi connectivity index (χ1) is 9.20. The number of amides is 1. The molecule has 0 unspecified atom stereocenters. The van der Waals surface area contributed by atoms with Gasteiger partial charge in [-0.1, -0.05) is 11.6 Å². The molecule has 2 aromatic rings. The Morgan fingerprint density at radius 1 is 1.26 bits per heavy atom. The maximum atomic E-state index is 12.1. The molecule has 0 aliphatic rings. The molecule has 6 nitrogen and oxygen atoms in total. The van der Waals surface area contributed by atoms with Crippen molar-refractivity contribution in [3.05, 3.63) is 41.4 Å². The molecule has 0 aliphatic carbocycles. The van der Waals surface area contributed by atoms with Crippen molar-refractivity contribution in [2.45, 2.75) is 6.92 Å². The molecule has 1 amide bonds. The van der Waals surface area contributed by atoms with Crippen LogP contribution >= 0.6 is 11.6 Å². The van der Waals surface area contributed by atoms with E-state index in [0.29, 0.717) is 23.7 Å². The number of anilines is 2. The normalized spacial score (nSPS) is 10.0.